The first-order valence-corrected chi connectivity index (χ1v) is 3.56. The third kappa shape index (κ3) is 1.65. The number of hydrogen-bond acceptors (Lipinski definition) is 2. The maximum Gasteiger partial charge on any atom is 0.310 e. The van der Waals surface area contributed by atoms with Crippen molar-refractivity contribution in [3.8, 4) is 0 Å². The number of carbonyl (C=O) groups is 1. The number of halogens is 1. The molecule has 0 aliphatic heterocycles. The Hall–Kier alpha value is -0.280. The highest BCUT2D eigenvalue weighted by molar-refractivity contribution is 5.85. The van der Waals surface area contributed by atoms with Gasteiger partial charge in [-0.25, -0.2) is 0 Å². The highest BCUT2D eigenvalue weighted by Gasteiger charge is 2.42. The van der Waals surface area contributed by atoms with Crippen LogP contribution in [0.5, 0.6) is 0 Å². The van der Waals surface area contributed by atoms with E-state index in [4.69, 9.17) is 10.8 Å². The Morgan fingerprint density at radius 2 is 2.27 bits per heavy atom. The van der Waals surface area contributed by atoms with E-state index in [0.717, 1.165) is 19.3 Å². The van der Waals surface area contributed by atoms with Crippen molar-refractivity contribution in [2.75, 3.05) is 0 Å². The van der Waals surface area contributed by atoms with E-state index in [-0.39, 0.29) is 18.4 Å². The molecule has 0 radical (unpaired) electrons. The van der Waals surface area contributed by atoms with Crippen LogP contribution < -0.4 is 5.73 Å². The van der Waals surface area contributed by atoms with Gasteiger partial charge in [0.1, 0.15) is 0 Å². The minimum absolute atomic E-state index is 0. The van der Waals surface area contributed by atoms with E-state index in [9.17, 15) is 4.79 Å². The zero-order chi connectivity index (χ0) is 7.78. The predicted octanol–water partition coefficient (Wildman–Crippen LogP) is 1.01. The molecule has 0 bridgehead atoms. The van der Waals surface area contributed by atoms with Crippen LogP contribution in [0, 0.1) is 5.41 Å². The Balaban J connectivity index is 0.000001000. The Labute approximate surface area is 72.4 Å². The smallest absolute Gasteiger partial charge is 0.310 e. The summed E-state index contributed by atoms with van der Waals surface area (Å²) in [5, 5.41) is 8.76. The van der Waals surface area contributed by atoms with Gasteiger partial charge in [-0.05, 0) is 19.8 Å². The van der Waals surface area contributed by atoms with Crippen LogP contribution >= 0.6 is 12.4 Å². The molecule has 11 heavy (non-hydrogen) atoms. The molecule has 0 spiro atoms. The predicted molar refractivity (Wildman–Crippen MR) is 44.8 cm³/mol. The summed E-state index contributed by atoms with van der Waals surface area (Å²) < 4.78 is 0. The second kappa shape index (κ2) is 3.41. The van der Waals surface area contributed by atoms with Gasteiger partial charge in [-0.1, -0.05) is 6.42 Å². The number of hydrogen-bond donors (Lipinski definition) is 2. The first-order valence-electron chi connectivity index (χ1n) is 3.56. The molecule has 3 N–H and O–H groups in total. The van der Waals surface area contributed by atoms with Gasteiger partial charge in [-0.3, -0.25) is 4.79 Å². The number of carboxylic acids is 1. The fourth-order valence-electron chi connectivity index (χ4n) is 1.46. The standard InChI is InChI=1S/C7H13NO2.ClH/c1-7(6(9)10)4-2-3-5(7)8;/h5H,2-4,8H2,1H3,(H,9,10);1H/t5-,7+;/m0./s1. The van der Waals surface area contributed by atoms with Crippen LogP contribution in [0.3, 0.4) is 0 Å². The molecule has 1 aliphatic rings. The second-order valence-electron chi connectivity index (χ2n) is 3.22. The minimum atomic E-state index is -0.752. The summed E-state index contributed by atoms with van der Waals surface area (Å²) in [5.74, 6) is -0.752. The first-order chi connectivity index (χ1) is 4.57. The minimum Gasteiger partial charge on any atom is -0.481 e. The van der Waals surface area contributed by atoms with Crippen LogP contribution in [0.2, 0.25) is 0 Å². The van der Waals surface area contributed by atoms with Crippen molar-refractivity contribution in [3.63, 3.8) is 0 Å². The Kier molecular flexibility index (Phi) is 3.32. The molecule has 1 saturated carbocycles. The quantitative estimate of drug-likeness (QED) is 0.632. The molecule has 1 aliphatic carbocycles. The van der Waals surface area contributed by atoms with Gasteiger partial charge in [-0.2, -0.15) is 0 Å². The third-order valence-corrected chi connectivity index (χ3v) is 2.52. The highest BCUT2D eigenvalue weighted by Crippen LogP contribution is 2.36. The average Bonchev–Trinajstić information content (AvgIpc) is 2.15. The van der Waals surface area contributed by atoms with Gasteiger partial charge in [0.05, 0.1) is 5.41 Å². The molecule has 0 aromatic heterocycles. The Morgan fingerprint density at radius 1 is 1.73 bits per heavy atom. The van der Waals surface area contributed by atoms with E-state index >= 15 is 0 Å². The lowest BCUT2D eigenvalue weighted by atomic mass is 9.86. The van der Waals surface area contributed by atoms with Gasteiger partial charge in [0, 0.05) is 6.04 Å². The van der Waals surface area contributed by atoms with E-state index in [1.54, 1.807) is 6.92 Å². The summed E-state index contributed by atoms with van der Waals surface area (Å²) in [7, 11) is 0. The third-order valence-electron chi connectivity index (χ3n) is 2.52. The number of aliphatic carboxylic acids is 1. The van der Waals surface area contributed by atoms with Gasteiger partial charge < -0.3 is 10.8 Å². The Morgan fingerprint density at radius 3 is 2.45 bits per heavy atom. The molecule has 1 rings (SSSR count). The van der Waals surface area contributed by atoms with E-state index in [2.05, 4.69) is 0 Å². The molecule has 2 atom stereocenters. The van der Waals surface area contributed by atoms with Crippen LogP contribution in [0.25, 0.3) is 0 Å². The number of carboxylic acid groups (broad SMARTS) is 1. The van der Waals surface area contributed by atoms with Crippen molar-refractivity contribution in [3.05, 3.63) is 0 Å². The van der Waals surface area contributed by atoms with Gasteiger partial charge in [-0.15, -0.1) is 12.4 Å². The number of rotatable bonds is 1. The summed E-state index contributed by atoms with van der Waals surface area (Å²) in [6.07, 6.45) is 2.52. The summed E-state index contributed by atoms with van der Waals surface area (Å²) in [5.41, 5.74) is 4.98. The maximum atomic E-state index is 10.7. The molecule has 0 aromatic carbocycles. The van der Waals surface area contributed by atoms with E-state index in [0.29, 0.717) is 0 Å². The molecule has 0 unspecified atom stereocenters. The SMILES string of the molecule is C[C@@]1(C(=O)O)CCC[C@@H]1N.Cl. The van der Waals surface area contributed by atoms with E-state index in [1.165, 1.54) is 0 Å². The fourth-order valence-corrected chi connectivity index (χ4v) is 1.46. The molecule has 3 nitrogen and oxygen atoms in total. The van der Waals surface area contributed by atoms with Crippen molar-refractivity contribution >= 4 is 18.4 Å². The monoisotopic (exact) mass is 179 g/mol. The number of nitrogens with two attached hydrogens (primary N) is 1. The summed E-state index contributed by atoms with van der Waals surface area (Å²) in [6, 6.07) is -0.148. The largest absolute Gasteiger partial charge is 0.481 e. The Bertz CT molecular complexity index is 163. The van der Waals surface area contributed by atoms with Crippen LogP contribution in [0.15, 0.2) is 0 Å². The van der Waals surface area contributed by atoms with Crippen molar-refractivity contribution in [1.29, 1.82) is 0 Å². The molecule has 0 amide bonds. The van der Waals surface area contributed by atoms with Crippen molar-refractivity contribution in [2.45, 2.75) is 32.2 Å². The molecule has 0 heterocycles. The lowest BCUT2D eigenvalue weighted by Gasteiger charge is -2.22. The molecule has 4 heteroatoms. The van der Waals surface area contributed by atoms with E-state index in [1.807, 2.05) is 0 Å². The normalized spacial score (nSPS) is 36.4. The lowest BCUT2D eigenvalue weighted by Crippen LogP contribution is -2.40. The van der Waals surface area contributed by atoms with Gasteiger partial charge in [0.2, 0.25) is 0 Å². The first kappa shape index (κ1) is 10.7. The van der Waals surface area contributed by atoms with Crippen molar-refractivity contribution in [1.82, 2.24) is 0 Å². The topological polar surface area (TPSA) is 63.3 Å². The highest BCUT2D eigenvalue weighted by atomic mass is 35.5. The van der Waals surface area contributed by atoms with Crippen LogP contribution in [-0.4, -0.2) is 17.1 Å². The van der Waals surface area contributed by atoms with Crippen molar-refractivity contribution in [2.24, 2.45) is 11.1 Å². The van der Waals surface area contributed by atoms with Crippen LogP contribution in [-0.2, 0) is 4.79 Å². The van der Waals surface area contributed by atoms with Gasteiger partial charge in [0.15, 0.2) is 0 Å². The summed E-state index contributed by atoms with van der Waals surface area (Å²) in [6.45, 7) is 1.73. The van der Waals surface area contributed by atoms with Gasteiger partial charge >= 0.3 is 5.97 Å². The molecular weight excluding hydrogens is 166 g/mol. The maximum absolute atomic E-state index is 10.7. The van der Waals surface area contributed by atoms with E-state index < -0.39 is 11.4 Å². The van der Waals surface area contributed by atoms with Gasteiger partial charge in [0.25, 0.3) is 0 Å². The zero-order valence-corrected chi connectivity index (χ0v) is 7.36. The summed E-state index contributed by atoms with van der Waals surface area (Å²) >= 11 is 0. The fraction of sp³-hybridized carbons (Fsp3) is 0.857. The average molecular weight is 180 g/mol. The second-order valence-corrected chi connectivity index (χ2v) is 3.22. The molecule has 0 aromatic rings. The van der Waals surface area contributed by atoms with Crippen molar-refractivity contribution < 1.29 is 9.90 Å². The van der Waals surface area contributed by atoms with Crippen LogP contribution in [0.4, 0.5) is 0 Å². The molecular formula is C7H14ClNO2. The summed E-state index contributed by atoms with van der Waals surface area (Å²) in [4.78, 5) is 10.7. The lowest BCUT2D eigenvalue weighted by molar-refractivity contribution is -0.148. The zero-order valence-electron chi connectivity index (χ0n) is 6.54. The molecule has 66 valence electrons. The molecule has 0 saturated heterocycles. The molecule has 1 fully saturated rings. The van der Waals surface area contributed by atoms with Crippen LogP contribution in [0.1, 0.15) is 26.2 Å².